The lowest BCUT2D eigenvalue weighted by Crippen LogP contribution is -2.41. The molecule has 5 nitrogen and oxygen atoms in total. The van der Waals surface area contributed by atoms with Crippen molar-refractivity contribution in [2.24, 2.45) is 5.92 Å². The number of benzene rings is 1. The Morgan fingerprint density at radius 2 is 1.89 bits per heavy atom. The van der Waals surface area contributed by atoms with Crippen LogP contribution in [0.2, 0.25) is 0 Å². The van der Waals surface area contributed by atoms with E-state index in [1.165, 1.54) is 18.2 Å². The van der Waals surface area contributed by atoms with Gasteiger partial charge >= 0.3 is 13.1 Å². The zero-order valence-electron chi connectivity index (χ0n) is 17.1. The number of aryl methyl sites for hydroxylation is 1. The lowest BCUT2D eigenvalue weighted by atomic mass is 9.78. The molecular weight excluding hydrogens is 341 g/mol. The van der Waals surface area contributed by atoms with Gasteiger partial charge in [0.1, 0.15) is 0 Å². The first-order valence-electron chi connectivity index (χ1n) is 10.0. The molecular formula is C21H30BNO4. The molecule has 6 heteroatoms. The van der Waals surface area contributed by atoms with Gasteiger partial charge in [-0.2, -0.15) is 0 Å². The Hall–Kier alpha value is -1.37. The van der Waals surface area contributed by atoms with E-state index in [1.54, 1.807) is 0 Å². The lowest BCUT2D eigenvalue weighted by molar-refractivity contribution is -0.145. The van der Waals surface area contributed by atoms with Gasteiger partial charge in [-0.05, 0) is 70.1 Å². The molecule has 2 aliphatic heterocycles. The molecule has 0 saturated carbocycles. The van der Waals surface area contributed by atoms with E-state index in [0.717, 1.165) is 37.8 Å². The lowest BCUT2D eigenvalue weighted by Gasteiger charge is -2.32. The molecule has 2 unspecified atom stereocenters. The molecule has 3 aliphatic rings. The molecule has 1 aromatic rings. The maximum absolute atomic E-state index is 11.8. The summed E-state index contributed by atoms with van der Waals surface area (Å²) in [5.41, 5.74) is 3.23. The van der Waals surface area contributed by atoms with Gasteiger partial charge in [-0.1, -0.05) is 18.2 Å². The molecule has 0 amide bonds. The molecule has 2 fully saturated rings. The van der Waals surface area contributed by atoms with Gasteiger partial charge in [0.25, 0.3) is 0 Å². The van der Waals surface area contributed by atoms with Crippen LogP contribution in [0.25, 0.3) is 0 Å². The largest absolute Gasteiger partial charge is 0.494 e. The number of ether oxygens (including phenoxy) is 1. The highest BCUT2D eigenvalue weighted by atomic mass is 16.7. The van der Waals surface area contributed by atoms with Crippen molar-refractivity contribution in [2.45, 2.75) is 64.2 Å². The summed E-state index contributed by atoms with van der Waals surface area (Å²) in [5, 5.41) is 0. The van der Waals surface area contributed by atoms with Gasteiger partial charge < -0.3 is 14.0 Å². The Morgan fingerprint density at radius 3 is 2.56 bits per heavy atom. The second kappa shape index (κ2) is 6.61. The SMILES string of the molecule is COC(=O)C1CCN(C2CCc3cc(B4OC(C)(C)C(C)(C)O4)ccc32)C1. The van der Waals surface area contributed by atoms with Gasteiger partial charge in [0.2, 0.25) is 0 Å². The van der Waals surface area contributed by atoms with E-state index >= 15 is 0 Å². The minimum Gasteiger partial charge on any atom is -0.469 e. The monoisotopic (exact) mass is 371 g/mol. The minimum atomic E-state index is -0.322. The Morgan fingerprint density at radius 1 is 1.19 bits per heavy atom. The van der Waals surface area contributed by atoms with E-state index in [4.69, 9.17) is 14.0 Å². The summed E-state index contributed by atoms with van der Waals surface area (Å²) in [6.45, 7) is 10.1. The second-order valence-corrected chi connectivity index (χ2v) is 9.10. The molecule has 0 aromatic heterocycles. The van der Waals surface area contributed by atoms with Crippen molar-refractivity contribution in [1.29, 1.82) is 0 Å². The van der Waals surface area contributed by atoms with E-state index in [1.807, 2.05) is 0 Å². The number of carbonyl (C=O) groups is 1. The number of rotatable bonds is 3. The van der Waals surface area contributed by atoms with Gasteiger partial charge in [0, 0.05) is 12.6 Å². The van der Waals surface area contributed by atoms with Crippen molar-refractivity contribution in [1.82, 2.24) is 4.90 Å². The maximum Gasteiger partial charge on any atom is 0.494 e. The molecule has 0 N–H and O–H groups in total. The normalized spacial score (nSPS) is 29.1. The molecule has 27 heavy (non-hydrogen) atoms. The van der Waals surface area contributed by atoms with Gasteiger partial charge in [-0.3, -0.25) is 9.69 Å². The van der Waals surface area contributed by atoms with Crippen molar-refractivity contribution >= 4 is 18.6 Å². The number of methoxy groups -OCH3 is 1. The van der Waals surface area contributed by atoms with Crippen LogP contribution in [0.5, 0.6) is 0 Å². The van der Waals surface area contributed by atoms with Gasteiger partial charge in [0.15, 0.2) is 0 Å². The van der Waals surface area contributed by atoms with Crippen LogP contribution >= 0.6 is 0 Å². The number of esters is 1. The van der Waals surface area contributed by atoms with Crippen LogP contribution in [0.1, 0.15) is 57.7 Å². The highest BCUT2D eigenvalue weighted by Crippen LogP contribution is 2.40. The zero-order valence-corrected chi connectivity index (χ0v) is 17.1. The highest BCUT2D eigenvalue weighted by Gasteiger charge is 2.52. The number of carbonyl (C=O) groups excluding carboxylic acids is 1. The van der Waals surface area contributed by atoms with E-state index in [-0.39, 0.29) is 30.2 Å². The first kappa shape index (κ1) is 19.0. The fourth-order valence-corrected chi connectivity index (χ4v) is 4.55. The van der Waals surface area contributed by atoms with Crippen molar-refractivity contribution in [3.8, 4) is 0 Å². The van der Waals surface area contributed by atoms with Gasteiger partial charge in [-0.25, -0.2) is 0 Å². The summed E-state index contributed by atoms with van der Waals surface area (Å²) in [6.07, 6.45) is 3.06. The van der Waals surface area contributed by atoms with Crippen molar-refractivity contribution < 1.29 is 18.8 Å². The van der Waals surface area contributed by atoms with Crippen LogP contribution in [0.3, 0.4) is 0 Å². The Kier molecular flexibility index (Phi) is 4.64. The molecule has 0 spiro atoms. The average molecular weight is 371 g/mol. The summed E-state index contributed by atoms with van der Waals surface area (Å²) in [6, 6.07) is 7.04. The van der Waals surface area contributed by atoms with Gasteiger partial charge in [0.05, 0.1) is 24.2 Å². The maximum atomic E-state index is 11.8. The van der Waals surface area contributed by atoms with Crippen molar-refractivity contribution in [3.05, 3.63) is 29.3 Å². The molecule has 2 saturated heterocycles. The topological polar surface area (TPSA) is 48.0 Å². The predicted octanol–water partition coefficient (Wildman–Crippen LogP) is 2.47. The van der Waals surface area contributed by atoms with Crippen LogP contribution < -0.4 is 5.46 Å². The van der Waals surface area contributed by atoms with Crippen molar-refractivity contribution in [2.75, 3.05) is 20.2 Å². The summed E-state index contributed by atoms with van der Waals surface area (Å²) in [5.74, 6) is -0.0603. The molecule has 4 rings (SSSR count). The molecule has 1 aliphatic carbocycles. The summed E-state index contributed by atoms with van der Waals surface area (Å²) >= 11 is 0. The minimum absolute atomic E-state index is 0.0167. The average Bonchev–Trinajstić information content (AvgIpc) is 3.30. The number of fused-ring (bicyclic) bond motifs is 1. The Balaban J connectivity index is 1.50. The molecule has 0 radical (unpaired) electrons. The van der Waals surface area contributed by atoms with Crippen LogP contribution in [-0.4, -0.2) is 49.4 Å². The molecule has 2 atom stereocenters. The second-order valence-electron chi connectivity index (χ2n) is 9.10. The molecule has 2 heterocycles. The summed E-state index contributed by atoms with van der Waals surface area (Å²) < 4.78 is 17.3. The number of hydrogen-bond donors (Lipinski definition) is 0. The highest BCUT2D eigenvalue weighted by molar-refractivity contribution is 6.62. The summed E-state index contributed by atoms with van der Waals surface area (Å²) in [7, 11) is 1.17. The smallest absolute Gasteiger partial charge is 0.469 e. The molecule has 146 valence electrons. The third-order valence-corrected chi connectivity index (χ3v) is 6.93. The van der Waals surface area contributed by atoms with Crippen LogP contribution in [0.15, 0.2) is 18.2 Å². The fourth-order valence-electron chi connectivity index (χ4n) is 4.55. The molecule has 1 aromatic carbocycles. The van der Waals surface area contributed by atoms with E-state index in [2.05, 4.69) is 50.8 Å². The third-order valence-electron chi connectivity index (χ3n) is 6.93. The Bertz CT molecular complexity index is 732. The number of hydrogen-bond acceptors (Lipinski definition) is 5. The van der Waals surface area contributed by atoms with Gasteiger partial charge in [-0.15, -0.1) is 0 Å². The van der Waals surface area contributed by atoms with Crippen molar-refractivity contribution in [3.63, 3.8) is 0 Å². The first-order chi connectivity index (χ1) is 12.7. The summed E-state index contributed by atoms with van der Waals surface area (Å²) in [4.78, 5) is 14.3. The first-order valence-corrected chi connectivity index (χ1v) is 10.0. The Labute approximate surface area is 162 Å². The van der Waals surface area contributed by atoms with Crippen LogP contribution in [0, 0.1) is 5.92 Å². The fraction of sp³-hybridized carbons (Fsp3) is 0.667. The quantitative estimate of drug-likeness (QED) is 0.604. The predicted molar refractivity (Wildman–Crippen MR) is 105 cm³/mol. The van der Waals surface area contributed by atoms with E-state index in [0.29, 0.717) is 6.04 Å². The number of nitrogens with zero attached hydrogens (tertiary/aromatic N) is 1. The van der Waals surface area contributed by atoms with E-state index < -0.39 is 0 Å². The number of likely N-dealkylation sites (tertiary alicyclic amines) is 1. The van der Waals surface area contributed by atoms with Crippen LogP contribution in [-0.2, 0) is 25.3 Å². The van der Waals surface area contributed by atoms with Crippen LogP contribution in [0.4, 0.5) is 0 Å². The van der Waals surface area contributed by atoms with E-state index in [9.17, 15) is 4.79 Å². The standard InChI is InChI=1S/C21H30BNO4/c1-20(2)21(3,4)27-22(26-20)16-7-8-17-14(12-16)6-9-18(17)23-11-10-15(13-23)19(24)25-5/h7-8,12,15,18H,6,9-11,13H2,1-5H3. The third kappa shape index (κ3) is 3.22. The zero-order chi connectivity index (χ0) is 19.4. The molecule has 0 bridgehead atoms.